The van der Waals surface area contributed by atoms with Crippen LogP contribution in [0.3, 0.4) is 0 Å². The number of thiophene rings is 1. The highest BCUT2D eigenvalue weighted by molar-refractivity contribution is 7.10. The molecule has 14 heavy (non-hydrogen) atoms. The van der Waals surface area contributed by atoms with Crippen molar-refractivity contribution in [1.29, 1.82) is 0 Å². The number of rotatable bonds is 3. The van der Waals surface area contributed by atoms with E-state index in [0.29, 0.717) is 17.6 Å². The molecule has 0 aromatic carbocycles. The average Bonchev–Trinajstić information content (AvgIpc) is 2.62. The maximum atomic E-state index is 5.74. The normalized spacial score (nSPS) is 20.5. The summed E-state index contributed by atoms with van der Waals surface area (Å²) in [6.45, 7) is 4.40. The molecule has 3 heteroatoms. The first-order valence-electron chi connectivity index (χ1n) is 4.90. The molecule has 1 aliphatic rings. The van der Waals surface area contributed by atoms with Gasteiger partial charge in [0.1, 0.15) is 0 Å². The van der Waals surface area contributed by atoms with Crippen LogP contribution in [0.5, 0.6) is 0 Å². The minimum Gasteiger partial charge on any atom is -0.305 e. The molecule has 0 spiro atoms. The first kappa shape index (κ1) is 10.2. The van der Waals surface area contributed by atoms with Crippen LogP contribution in [0.25, 0.3) is 0 Å². The third-order valence-corrected chi connectivity index (χ3v) is 3.72. The summed E-state index contributed by atoms with van der Waals surface area (Å²) in [7, 11) is 0. The van der Waals surface area contributed by atoms with Gasteiger partial charge in [0.2, 0.25) is 0 Å². The van der Waals surface area contributed by atoms with Crippen LogP contribution in [0.2, 0.25) is 0 Å². The van der Waals surface area contributed by atoms with E-state index >= 15 is 0 Å². The molecule has 1 aromatic heterocycles. The van der Waals surface area contributed by atoms with Crippen LogP contribution in [0.4, 0.5) is 0 Å². The Bertz CT molecular complexity index is 332. The smallest absolute Gasteiger partial charge is 0.0334 e. The molecule has 0 fully saturated rings. The number of hydrogen-bond donors (Lipinski definition) is 1. The second kappa shape index (κ2) is 4.47. The Kier molecular flexibility index (Phi) is 3.26. The molecule has 0 amide bonds. The lowest BCUT2D eigenvalue weighted by Gasteiger charge is -2.23. The zero-order chi connectivity index (χ0) is 9.97. The van der Waals surface area contributed by atoms with Crippen LogP contribution in [0, 0.1) is 0 Å². The predicted octanol–water partition coefficient (Wildman–Crippen LogP) is 3.47. The maximum absolute atomic E-state index is 5.74. The lowest BCUT2D eigenvalue weighted by atomic mass is 9.94. The minimum absolute atomic E-state index is 0.487. The number of fused-ring (bicyclic) bond motifs is 1. The number of hydrogen-bond acceptors (Lipinski definition) is 2. The molecule has 1 unspecified atom stereocenters. The highest BCUT2D eigenvalue weighted by Gasteiger charge is 2.20. The van der Waals surface area contributed by atoms with Gasteiger partial charge in [-0.3, -0.25) is 0 Å². The maximum Gasteiger partial charge on any atom is 0.0334 e. The van der Waals surface area contributed by atoms with Gasteiger partial charge in [-0.05, 0) is 36.3 Å². The molecule has 1 aromatic rings. The predicted molar refractivity (Wildman–Crippen MR) is 63.0 cm³/mol. The number of nitrogens with one attached hydrogen (secondary N) is 1. The third kappa shape index (κ3) is 2.19. The van der Waals surface area contributed by atoms with Gasteiger partial charge in [-0.2, -0.15) is 0 Å². The summed E-state index contributed by atoms with van der Waals surface area (Å²) in [5, 5.41) is 6.31. The zero-order valence-electron chi connectivity index (χ0n) is 8.05. The minimum atomic E-state index is 0.487. The second-order valence-corrected chi connectivity index (χ2v) is 5.18. The van der Waals surface area contributed by atoms with Gasteiger partial charge in [-0.25, -0.2) is 0 Å². The molecule has 1 aliphatic carbocycles. The molecule has 0 saturated carbocycles. The Hall–Kier alpha value is -0.310. The summed E-state index contributed by atoms with van der Waals surface area (Å²) < 4.78 is 0. The molecular weight excluding hydrogens is 214 g/mol. The van der Waals surface area contributed by atoms with Crippen LogP contribution in [0.1, 0.15) is 29.3 Å². The van der Waals surface area contributed by atoms with Crippen molar-refractivity contribution in [3.05, 3.63) is 33.5 Å². The molecule has 1 N–H and O–H groups in total. The Morgan fingerprint density at radius 2 is 2.57 bits per heavy atom. The Labute approximate surface area is 93.8 Å². The van der Waals surface area contributed by atoms with Gasteiger partial charge in [0.05, 0.1) is 0 Å². The quantitative estimate of drug-likeness (QED) is 0.834. The molecule has 76 valence electrons. The summed E-state index contributed by atoms with van der Waals surface area (Å²) in [6, 6.07) is 2.72. The summed E-state index contributed by atoms with van der Waals surface area (Å²) in [4.78, 5) is 1.54. The lowest BCUT2D eigenvalue weighted by Crippen LogP contribution is -2.25. The number of halogens is 1. The van der Waals surface area contributed by atoms with Crippen LogP contribution >= 0.6 is 22.9 Å². The topological polar surface area (TPSA) is 12.0 Å². The van der Waals surface area contributed by atoms with Crippen molar-refractivity contribution in [2.24, 2.45) is 0 Å². The summed E-state index contributed by atoms with van der Waals surface area (Å²) >= 11 is 7.61. The summed E-state index contributed by atoms with van der Waals surface area (Å²) in [5.74, 6) is 0. The van der Waals surface area contributed by atoms with E-state index in [4.69, 9.17) is 11.6 Å². The van der Waals surface area contributed by atoms with Gasteiger partial charge in [-0.15, -0.1) is 11.3 Å². The van der Waals surface area contributed by atoms with Crippen LogP contribution in [0.15, 0.2) is 23.1 Å². The Morgan fingerprint density at radius 3 is 3.36 bits per heavy atom. The van der Waals surface area contributed by atoms with Gasteiger partial charge < -0.3 is 5.32 Å². The molecule has 1 atom stereocenters. The summed E-state index contributed by atoms with van der Waals surface area (Å²) in [6.07, 6.45) is 3.74. The fraction of sp³-hybridized carbons (Fsp3) is 0.455. The highest BCUT2D eigenvalue weighted by atomic mass is 35.5. The van der Waals surface area contributed by atoms with E-state index in [1.165, 1.54) is 29.7 Å². The van der Waals surface area contributed by atoms with Gasteiger partial charge in [0.25, 0.3) is 0 Å². The monoisotopic (exact) mass is 227 g/mol. The second-order valence-electron chi connectivity index (χ2n) is 3.64. The number of aryl methyl sites for hydroxylation is 1. The average molecular weight is 228 g/mol. The molecule has 0 bridgehead atoms. The van der Waals surface area contributed by atoms with Crippen molar-refractivity contribution < 1.29 is 0 Å². The highest BCUT2D eigenvalue weighted by Crippen LogP contribution is 2.33. The molecule has 1 nitrogen and oxygen atoms in total. The largest absolute Gasteiger partial charge is 0.305 e. The van der Waals surface area contributed by atoms with Crippen molar-refractivity contribution in [2.45, 2.75) is 25.3 Å². The lowest BCUT2D eigenvalue weighted by molar-refractivity contribution is 0.484. The van der Waals surface area contributed by atoms with Crippen LogP contribution in [-0.4, -0.2) is 6.54 Å². The SMILES string of the molecule is C=C(Cl)CNC1CCCc2sccc21. The molecule has 0 aliphatic heterocycles. The molecular formula is C11H14ClNS. The first-order valence-corrected chi connectivity index (χ1v) is 6.16. The van der Waals surface area contributed by atoms with E-state index in [1.54, 1.807) is 0 Å². The van der Waals surface area contributed by atoms with Gasteiger partial charge in [0, 0.05) is 22.5 Å². The van der Waals surface area contributed by atoms with E-state index in [1.807, 2.05) is 11.3 Å². The van der Waals surface area contributed by atoms with Crippen molar-refractivity contribution in [3.8, 4) is 0 Å². The van der Waals surface area contributed by atoms with Gasteiger partial charge >= 0.3 is 0 Å². The van der Waals surface area contributed by atoms with Crippen molar-refractivity contribution >= 4 is 22.9 Å². The van der Waals surface area contributed by atoms with E-state index in [-0.39, 0.29) is 0 Å². The molecule has 0 saturated heterocycles. The Balaban J connectivity index is 2.05. The van der Waals surface area contributed by atoms with E-state index in [9.17, 15) is 0 Å². The standard InChI is InChI=1S/C11H14ClNS/c1-8(12)7-13-10-3-2-4-11-9(10)5-6-14-11/h5-6,10,13H,1-4,7H2. The van der Waals surface area contributed by atoms with Gasteiger partial charge in [-0.1, -0.05) is 18.2 Å². The van der Waals surface area contributed by atoms with Crippen LogP contribution in [-0.2, 0) is 6.42 Å². The molecule has 2 rings (SSSR count). The fourth-order valence-electron chi connectivity index (χ4n) is 1.93. The van der Waals surface area contributed by atoms with E-state index < -0.39 is 0 Å². The van der Waals surface area contributed by atoms with Crippen molar-refractivity contribution in [2.75, 3.05) is 6.54 Å². The Morgan fingerprint density at radius 1 is 1.71 bits per heavy atom. The molecule has 0 radical (unpaired) electrons. The molecule has 1 heterocycles. The van der Waals surface area contributed by atoms with Crippen molar-refractivity contribution in [3.63, 3.8) is 0 Å². The zero-order valence-corrected chi connectivity index (χ0v) is 9.63. The third-order valence-electron chi connectivity index (χ3n) is 2.59. The van der Waals surface area contributed by atoms with Crippen molar-refractivity contribution in [1.82, 2.24) is 5.32 Å². The van der Waals surface area contributed by atoms with E-state index in [2.05, 4.69) is 23.3 Å². The summed E-state index contributed by atoms with van der Waals surface area (Å²) in [5.41, 5.74) is 1.47. The fourth-order valence-corrected chi connectivity index (χ4v) is 3.00. The van der Waals surface area contributed by atoms with Gasteiger partial charge in [0.15, 0.2) is 0 Å². The van der Waals surface area contributed by atoms with Crippen LogP contribution < -0.4 is 5.32 Å². The van der Waals surface area contributed by atoms with E-state index in [0.717, 1.165) is 0 Å². The first-order chi connectivity index (χ1) is 6.77.